The Morgan fingerprint density at radius 1 is 0.696 bits per heavy atom. The lowest BCUT2D eigenvalue weighted by molar-refractivity contribution is -0.197. The summed E-state index contributed by atoms with van der Waals surface area (Å²) in [6, 6.07) is 0. The largest absolute Gasteiger partial charge is 0.462 e. The van der Waals surface area contributed by atoms with Crippen LogP contribution in [0.4, 0.5) is 0 Å². The molecular formula is C42H66O4. The van der Waals surface area contributed by atoms with Crippen LogP contribution in [0.5, 0.6) is 0 Å². The standard InChI is InChI=1S/C42H66O4/c1-26(43)45-34-15-18-39(7)31(37(34,4)5)14-20-41-22-28(10-12-33(39)41)42(24-41)25-44-35(46-42)29-23-40-19-13-30-36(2,3)16-8-17-38(30,6)32(40)11-9-27(29)21-40/h27-35H,8-25H2,1-7H3/t27-,28-,29-,30-,31-,32+,33+,34-,35-,38-,39-,40+,41+,42+/m1/s1. The second-order valence-electron chi connectivity index (χ2n) is 21.3. The van der Waals surface area contributed by atoms with Gasteiger partial charge < -0.3 is 14.2 Å². The molecule has 0 aromatic heterocycles. The van der Waals surface area contributed by atoms with Gasteiger partial charge in [-0.3, -0.25) is 4.79 Å². The van der Waals surface area contributed by atoms with Crippen molar-refractivity contribution < 1.29 is 19.0 Å². The molecule has 3 spiro atoms. The Bertz CT molecular complexity index is 1270. The lowest BCUT2D eigenvalue weighted by atomic mass is 9.41. The highest BCUT2D eigenvalue weighted by molar-refractivity contribution is 5.66. The first-order valence-electron chi connectivity index (χ1n) is 20.1. The van der Waals surface area contributed by atoms with Crippen molar-refractivity contribution in [1.29, 1.82) is 0 Å². The van der Waals surface area contributed by atoms with Crippen LogP contribution in [0.2, 0.25) is 0 Å². The van der Waals surface area contributed by atoms with Gasteiger partial charge in [0.2, 0.25) is 0 Å². The fraction of sp³-hybridized carbons (Fsp3) is 0.976. The average molecular weight is 635 g/mol. The van der Waals surface area contributed by atoms with E-state index in [1.165, 1.54) is 103 Å². The summed E-state index contributed by atoms with van der Waals surface area (Å²) in [5, 5.41) is 0. The summed E-state index contributed by atoms with van der Waals surface area (Å²) in [7, 11) is 0. The van der Waals surface area contributed by atoms with Gasteiger partial charge >= 0.3 is 5.97 Å². The highest BCUT2D eigenvalue weighted by Crippen LogP contribution is 2.76. The first-order chi connectivity index (χ1) is 21.7. The van der Waals surface area contributed by atoms with E-state index in [1.54, 1.807) is 6.92 Å². The topological polar surface area (TPSA) is 44.8 Å². The smallest absolute Gasteiger partial charge is 0.302 e. The quantitative estimate of drug-likeness (QED) is 0.284. The van der Waals surface area contributed by atoms with Gasteiger partial charge in [-0.05, 0) is 165 Å². The summed E-state index contributed by atoms with van der Waals surface area (Å²) in [5.74, 6) is 5.18. The number of hydrogen-bond acceptors (Lipinski definition) is 4. The number of carbonyl (C=O) groups is 1. The summed E-state index contributed by atoms with van der Waals surface area (Å²) >= 11 is 0. The Morgan fingerprint density at radius 2 is 1.41 bits per heavy atom. The van der Waals surface area contributed by atoms with Gasteiger partial charge in [0.05, 0.1) is 12.2 Å². The number of rotatable bonds is 2. The molecule has 0 amide bonds. The van der Waals surface area contributed by atoms with Crippen molar-refractivity contribution >= 4 is 5.97 Å². The molecule has 4 nitrogen and oxygen atoms in total. The molecule has 9 fully saturated rings. The van der Waals surface area contributed by atoms with E-state index >= 15 is 0 Å². The summed E-state index contributed by atoms with van der Waals surface area (Å²) in [6.07, 6.45) is 23.2. The van der Waals surface area contributed by atoms with Crippen molar-refractivity contribution in [3.05, 3.63) is 0 Å². The first kappa shape index (κ1) is 31.4. The van der Waals surface area contributed by atoms with Gasteiger partial charge in [-0.15, -0.1) is 0 Å². The van der Waals surface area contributed by atoms with Crippen LogP contribution >= 0.6 is 0 Å². The molecule has 0 aromatic rings. The van der Waals surface area contributed by atoms with Crippen LogP contribution in [0.15, 0.2) is 0 Å². The normalized spacial score (nSPS) is 57.7. The molecule has 14 atom stereocenters. The minimum absolute atomic E-state index is 0.0344. The number of carbonyl (C=O) groups excluding carboxylic acids is 1. The fourth-order valence-electron chi connectivity index (χ4n) is 17.4. The van der Waals surface area contributed by atoms with Crippen LogP contribution in [0.3, 0.4) is 0 Å². The number of ether oxygens (including phenoxy) is 3. The monoisotopic (exact) mass is 634 g/mol. The van der Waals surface area contributed by atoms with Crippen LogP contribution in [-0.4, -0.2) is 30.6 Å². The predicted molar refractivity (Wildman–Crippen MR) is 181 cm³/mol. The van der Waals surface area contributed by atoms with Gasteiger partial charge in [0.1, 0.15) is 6.10 Å². The molecule has 1 heterocycles. The predicted octanol–water partition coefficient (Wildman–Crippen LogP) is 10.1. The summed E-state index contributed by atoms with van der Waals surface area (Å²) < 4.78 is 20.4. The van der Waals surface area contributed by atoms with Crippen molar-refractivity contribution in [2.24, 2.45) is 73.9 Å². The first-order valence-corrected chi connectivity index (χ1v) is 20.1. The zero-order valence-corrected chi connectivity index (χ0v) is 30.6. The van der Waals surface area contributed by atoms with Crippen LogP contribution in [0.1, 0.15) is 158 Å². The molecule has 4 heteroatoms. The minimum atomic E-state index is -0.110. The molecule has 0 unspecified atom stereocenters. The third kappa shape index (κ3) is 4.01. The molecule has 9 rings (SSSR count). The van der Waals surface area contributed by atoms with Gasteiger partial charge in [-0.2, -0.15) is 0 Å². The van der Waals surface area contributed by atoms with Crippen LogP contribution in [-0.2, 0) is 19.0 Å². The van der Waals surface area contributed by atoms with E-state index in [4.69, 9.17) is 14.2 Å². The Labute approximate surface area is 280 Å². The molecule has 9 aliphatic rings. The van der Waals surface area contributed by atoms with Gasteiger partial charge in [0, 0.05) is 18.3 Å². The van der Waals surface area contributed by atoms with E-state index in [0.717, 1.165) is 36.7 Å². The van der Waals surface area contributed by atoms with Gasteiger partial charge in [0.25, 0.3) is 0 Å². The second-order valence-corrected chi connectivity index (χ2v) is 21.3. The lowest BCUT2D eigenvalue weighted by Gasteiger charge is -2.65. The molecule has 258 valence electrons. The molecule has 0 aromatic carbocycles. The molecule has 0 N–H and O–H groups in total. The number of fused-ring (bicyclic) bond motifs is 7. The van der Waals surface area contributed by atoms with E-state index < -0.39 is 0 Å². The Balaban J connectivity index is 0.933. The maximum atomic E-state index is 12.0. The molecule has 0 radical (unpaired) electrons. The summed E-state index contributed by atoms with van der Waals surface area (Å²) in [4.78, 5) is 12.0. The van der Waals surface area contributed by atoms with Gasteiger partial charge in [-0.25, -0.2) is 0 Å². The van der Waals surface area contributed by atoms with Gasteiger partial charge in [0.15, 0.2) is 6.29 Å². The number of hydrogen-bond donors (Lipinski definition) is 0. The molecule has 8 saturated carbocycles. The molecular weight excluding hydrogens is 568 g/mol. The third-order valence-corrected chi connectivity index (χ3v) is 18.8. The molecule has 46 heavy (non-hydrogen) atoms. The maximum absolute atomic E-state index is 12.0. The Hall–Kier alpha value is -0.610. The highest BCUT2D eigenvalue weighted by atomic mass is 16.7. The van der Waals surface area contributed by atoms with Crippen molar-refractivity contribution in [2.45, 2.75) is 176 Å². The zero-order chi connectivity index (χ0) is 32.1. The number of esters is 1. The van der Waals surface area contributed by atoms with Gasteiger partial charge in [-0.1, -0.05) is 48.0 Å². The maximum Gasteiger partial charge on any atom is 0.302 e. The van der Waals surface area contributed by atoms with Crippen molar-refractivity contribution in [3.63, 3.8) is 0 Å². The van der Waals surface area contributed by atoms with Crippen molar-refractivity contribution in [2.75, 3.05) is 6.61 Å². The summed E-state index contributed by atoms with van der Waals surface area (Å²) in [5.41, 5.74) is 2.33. The molecule has 4 bridgehead atoms. The molecule has 1 aliphatic heterocycles. The fourth-order valence-corrected chi connectivity index (χ4v) is 17.4. The van der Waals surface area contributed by atoms with Crippen LogP contribution < -0.4 is 0 Å². The average Bonchev–Trinajstić information content (AvgIpc) is 3.58. The molecule has 8 aliphatic carbocycles. The van der Waals surface area contributed by atoms with E-state index in [-0.39, 0.29) is 29.4 Å². The SMILES string of the molecule is CC(=O)O[C@@H]1CC[C@]2(C)[C@H](CC[C@@]34C[C@@H](CC[C@H]32)[C@@]2(CO[C@@H]([C@@H]3C[C@@]56CC[C@@H]7C(C)(C)CCC[C@@]7(C)[C@@H]5CC[C@@H]3C6)O2)C4)C1(C)C. The lowest BCUT2D eigenvalue weighted by Crippen LogP contribution is -2.59. The Kier molecular flexibility index (Phi) is 6.68. The highest BCUT2D eigenvalue weighted by Gasteiger charge is 2.71. The summed E-state index contributed by atoms with van der Waals surface area (Å²) in [6.45, 7) is 17.8. The van der Waals surface area contributed by atoms with Crippen molar-refractivity contribution in [1.82, 2.24) is 0 Å². The Morgan fingerprint density at radius 3 is 2.22 bits per heavy atom. The van der Waals surface area contributed by atoms with Crippen molar-refractivity contribution in [3.8, 4) is 0 Å². The van der Waals surface area contributed by atoms with Crippen LogP contribution in [0, 0.1) is 73.9 Å². The van der Waals surface area contributed by atoms with E-state index in [1.807, 2.05) is 0 Å². The van der Waals surface area contributed by atoms with E-state index in [2.05, 4.69) is 41.5 Å². The van der Waals surface area contributed by atoms with E-state index in [9.17, 15) is 4.79 Å². The zero-order valence-electron chi connectivity index (χ0n) is 30.6. The minimum Gasteiger partial charge on any atom is -0.462 e. The third-order valence-electron chi connectivity index (χ3n) is 18.8. The van der Waals surface area contributed by atoms with E-state index in [0.29, 0.717) is 44.8 Å². The second kappa shape index (κ2) is 9.79. The van der Waals surface area contributed by atoms with Crippen LogP contribution in [0.25, 0.3) is 0 Å². The molecule has 1 saturated heterocycles.